The molecule has 0 radical (unpaired) electrons. The van der Waals surface area contributed by atoms with Gasteiger partial charge in [0, 0.05) is 38.2 Å². The second kappa shape index (κ2) is 12.9. The highest BCUT2D eigenvalue weighted by Gasteiger charge is 2.17. The van der Waals surface area contributed by atoms with Crippen molar-refractivity contribution in [2.45, 2.75) is 32.7 Å². The van der Waals surface area contributed by atoms with E-state index < -0.39 is 11.6 Å². The van der Waals surface area contributed by atoms with Crippen molar-refractivity contribution >= 4 is 29.9 Å². The van der Waals surface area contributed by atoms with Crippen LogP contribution in [0.2, 0.25) is 0 Å². The van der Waals surface area contributed by atoms with Gasteiger partial charge < -0.3 is 20.1 Å². The van der Waals surface area contributed by atoms with Crippen LogP contribution in [0.1, 0.15) is 36.0 Å². The molecule has 32 heavy (non-hydrogen) atoms. The number of aryl methyl sites for hydroxylation is 1. The zero-order valence-corrected chi connectivity index (χ0v) is 21.1. The predicted molar refractivity (Wildman–Crippen MR) is 134 cm³/mol. The quantitative estimate of drug-likeness (QED) is 0.278. The lowest BCUT2D eigenvalue weighted by Crippen LogP contribution is -2.38. The molecule has 1 saturated heterocycles. The number of hydrogen-bond acceptors (Lipinski definition) is 3. The molecule has 0 aliphatic carbocycles. The van der Waals surface area contributed by atoms with Gasteiger partial charge in [0.25, 0.3) is 0 Å². The van der Waals surface area contributed by atoms with Gasteiger partial charge in [-0.3, -0.25) is 4.99 Å². The standard InChI is InChI=1S/C24H31F2N3O2.HI/c1-16-4-5-20(23(10-16)31-15-18-8-9-30-14-18)13-29-24(27-3)28-12-17(2)19-6-7-21(25)22(26)11-19;/h4-7,10-11,17-18H,8-9,12-15H2,1-3H3,(H2,27,28,29);1H. The highest BCUT2D eigenvalue weighted by molar-refractivity contribution is 14.0. The van der Waals surface area contributed by atoms with Crippen molar-refractivity contribution in [2.75, 3.05) is 33.4 Å². The summed E-state index contributed by atoms with van der Waals surface area (Å²) in [6.07, 6.45) is 1.03. The normalized spacial score (nSPS) is 16.9. The summed E-state index contributed by atoms with van der Waals surface area (Å²) in [7, 11) is 1.70. The van der Waals surface area contributed by atoms with Gasteiger partial charge in [0.1, 0.15) is 5.75 Å². The molecule has 5 nitrogen and oxygen atoms in total. The van der Waals surface area contributed by atoms with Crippen LogP contribution in [0.3, 0.4) is 0 Å². The van der Waals surface area contributed by atoms with Gasteiger partial charge in [0.2, 0.25) is 0 Å². The number of ether oxygens (including phenoxy) is 2. The molecule has 2 unspecified atom stereocenters. The number of nitrogens with zero attached hydrogens (tertiary/aromatic N) is 1. The Labute approximate surface area is 206 Å². The van der Waals surface area contributed by atoms with Gasteiger partial charge in [-0.05, 0) is 48.6 Å². The average molecular weight is 559 g/mol. The molecule has 8 heteroatoms. The van der Waals surface area contributed by atoms with Gasteiger partial charge in [0.05, 0.1) is 13.2 Å². The monoisotopic (exact) mass is 559 g/mol. The summed E-state index contributed by atoms with van der Waals surface area (Å²) in [6.45, 7) is 7.29. The Kier molecular flexibility index (Phi) is 10.6. The summed E-state index contributed by atoms with van der Waals surface area (Å²) >= 11 is 0. The average Bonchev–Trinajstić information content (AvgIpc) is 3.28. The van der Waals surface area contributed by atoms with Crippen molar-refractivity contribution in [1.82, 2.24) is 10.6 Å². The number of halogens is 3. The molecule has 1 heterocycles. The Balaban J connectivity index is 0.00000363. The third kappa shape index (κ3) is 7.58. The topological polar surface area (TPSA) is 54.9 Å². The molecule has 0 bridgehead atoms. The Morgan fingerprint density at radius 1 is 1.19 bits per heavy atom. The van der Waals surface area contributed by atoms with Crippen molar-refractivity contribution in [1.29, 1.82) is 0 Å². The Hall–Kier alpha value is -1.94. The van der Waals surface area contributed by atoms with Gasteiger partial charge >= 0.3 is 0 Å². The maximum atomic E-state index is 13.5. The fourth-order valence-electron chi connectivity index (χ4n) is 3.45. The van der Waals surface area contributed by atoms with E-state index in [9.17, 15) is 8.78 Å². The Morgan fingerprint density at radius 2 is 2.00 bits per heavy atom. The first-order valence-corrected chi connectivity index (χ1v) is 10.7. The highest BCUT2D eigenvalue weighted by Crippen LogP contribution is 2.23. The van der Waals surface area contributed by atoms with Crippen molar-refractivity contribution in [3.8, 4) is 5.75 Å². The summed E-state index contributed by atoms with van der Waals surface area (Å²) in [5, 5.41) is 6.55. The SMILES string of the molecule is CN=C(NCc1ccc(C)cc1OCC1CCOC1)NCC(C)c1ccc(F)c(F)c1.I. The predicted octanol–water partition coefficient (Wildman–Crippen LogP) is 4.78. The lowest BCUT2D eigenvalue weighted by Gasteiger charge is -2.18. The fraction of sp³-hybridized carbons (Fsp3) is 0.458. The number of rotatable bonds is 8. The second-order valence-corrected chi connectivity index (χ2v) is 8.03. The molecule has 1 fully saturated rings. The lowest BCUT2D eigenvalue weighted by atomic mass is 10.0. The minimum Gasteiger partial charge on any atom is -0.493 e. The van der Waals surface area contributed by atoms with E-state index in [2.05, 4.69) is 27.8 Å². The maximum absolute atomic E-state index is 13.5. The van der Waals surface area contributed by atoms with Gasteiger partial charge in [-0.15, -0.1) is 24.0 Å². The second-order valence-electron chi connectivity index (χ2n) is 8.03. The van der Waals surface area contributed by atoms with E-state index in [0.717, 1.165) is 48.1 Å². The molecule has 1 aliphatic rings. The van der Waals surface area contributed by atoms with Crippen LogP contribution >= 0.6 is 24.0 Å². The van der Waals surface area contributed by atoms with Crippen LogP contribution in [-0.2, 0) is 11.3 Å². The van der Waals surface area contributed by atoms with Crippen LogP contribution in [0.4, 0.5) is 8.78 Å². The van der Waals surface area contributed by atoms with E-state index >= 15 is 0 Å². The third-order valence-corrected chi connectivity index (χ3v) is 5.48. The molecule has 1 aliphatic heterocycles. The van der Waals surface area contributed by atoms with Gasteiger partial charge in [-0.2, -0.15) is 0 Å². The molecule has 176 valence electrons. The molecule has 2 aromatic carbocycles. The number of hydrogen-bond donors (Lipinski definition) is 2. The van der Waals surface area contributed by atoms with Crippen LogP contribution in [0.5, 0.6) is 5.75 Å². The van der Waals surface area contributed by atoms with Crippen LogP contribution < -0.4 is 15.4 Å². The van der Waals surface area contributed by atoms with E-state index in [4.69, 9.17) is 9.47 Å². The number of nitrogens with one attached hydrogen (secondary N) is 2. The van der Waals surface area contributed by atoms with E-state index in [1.807, 2.05) is 19.9 Å². The zero-order chi connectivity index (χ0) is 22.2. The molecule has 0 saturated carbocycles. The molecule has 0 spiro atoms. The van der Waals surface area contributed by atoms with Crippen LogP contribution in [0.25, 0.3) is 0 Å². The minimum absolute atomic E-state index is 0. The van der Waals surface area contributed by atoms with E-state index in [1.54, 1.807) is 13.1 Å². The summed E-state index contributed by atoms with van der Waals surface area (Å²) in [6, 6.07) is 10.2. The van der Waals surface area contributed by atoms with Crippen LogP contribution in [0.15, 0.2) is 41.4 Å². The molecule has 2 aromatic rings. The Bertz CT molecular complexity index is 905. The fourth-order valence-corrected chi connectivity index (χ4v) is 3.45. The van der Waals surface area contributed by atoms with Crippen molar-refractivity contribution in [3.05, 3.63) is 64.7 Å². The zero-order valence-electron chi connectivity index (χ0n) is 18.8. The molecular formula is C24H32F2IN3O2. The van der Waals surface area contributed by atoms with Crippen molar-refractivity contribution in [3.63, 3.8) is 0 Å². The summed E-state index contributed by atoms with van der Waals surface area (Å²) in [4.78, 5) is 4.26. The van der Waals surface area contributed by atoms with Crippen molar-refractivity contribution in [2.24, 2.45) is 10.9 Å². The molecular weight excluding hydrogens is 527 g/mol. The molecule has 2 N–H and O–H groups in total. The van der Waals surface area contributed by atoms with Crippen LogP contribution in [0, 0.1) is 24.5 Å². The first kappa shape index (κ1) is 26.3. The highest BCUT2D eigenvalue weighted by atomic mass is 127. The van der Waals surface area contributed by atoms with Gasteiger partial charge in [0.15, 0.2) is 17.6 Å². The lowest BCUT2D eigenvalue weighted by molar-refractivity contribution is 0.166. The minimum atomic E-state index is -0.835. The van der Waals surface area contributed by atoms with Gasteiger partial charge in [-0.1, -0.05) is 25.1 Å². The largest absolute Gasteiger partial charge is 0.493 e. The van der Waals surface area contributed by atoms with Gasteiger partial charge in [-0.25, -0.2) is 8.78 Å². The van der Waals surface area contributed by atoms with Crippen molar-refractivity contribution < 1.29 is 18.3 Å². The summed E-state index contributed by atoms with van der Waals surface area (Å²) in [5.74, 6) is 0.255. The Morgan fingerprint density at radius 3 is 2.69 bits per heavy atom. The number of benzene rings is 2. The first-order valence-electron chi connectivity index (χ1n) is 10.7. The van der Waals surface area contributed by atoms with Crippen LogP contribution in [-0.4, -0.2) is 39.4 Å². The summed E-state index contributed by atoms with van der Waals surface area (Å²) in [5.41, 5.74) is 2.91. The maximum Gasteiger partial charge on any atom is 0.191 e. The number of guanidine groups is 1. The molecule has 0 amide bonds. The van der Waals surface area contributed by atoms with E-state index in [-0.39, 0.29) is 29.9 Å². The molecule has 0 aromatic heterocycles. The summed E-state index contributed by atoms with van der Waals surface area (Å²) < 4.78 is 38.2. The van der Waals surface area contributed by atoms with E-state index in [1.165, 1.54) is 6.07 Å². The first-order chi connectivity index (χ1) is 15.0. The number of aliphatic imine (C=N–C) groups is 1. The van der Waals surface area contributed by atoms with E-state index in [0.29, 0.717) is 31.6 Å². The molecule has 2 atom stereocenters. The third-order valence-electron chi connectivity index (χ3n) is 5.48. The smallest absolute Gasteiger partial charge is 0.191 e. The molecule has 3 rings (SSSR count).